The van der Waals surface area contributed by atoms with Crippen molar-refractivity contribution in [2.75, 3.05) is 18.0 Å². The average Bonchev–Trinajstić information content (AvgIpc) is 2.48. The Morgan fingerprint density at radius 2 is 1.74 bits per heavy atom. The van der Waals surface area contributed by atoms with E-state index in [4.69, 9.17) is 11.6 Å². The normalized spacial score (nSPS) is 15.5. The minimum absolute atomic E-state index is 0.234. The van der Waals surface area contributed by atoms with Gasteiger partial charge in [0.15, 0.2) is 0 Å². The summed E-state index contributed by atoms with van der Waals surface area (Å²) in [7, 11) is 0. The first-order chi connectivity index (χ1) is 9.33. The van der Waals surface area contributed by atoms with Gasteiger partial charge in [0.05, 0.1) is 5.69 Å². The fraction of sp³-hybridized carbons (Fsp3) is 0.385. The Bertz CT molecular complexity index is 551. The van der Waals surface area contributed by atoms with Crippen molar-refractivity contribution >= 4 is 17.5 Å². The number of hydrogen-bond donors (Lipinski definition) is 0. The number of aromatic nitrogens is 4. The van der Waals surface area contributed by atoms with Crippen LogP contribution >= 0.6 is 11.6 Å². The highest BCUT2D eigenvalue weighted by Gasteiger charge is 2.13. The Kier molecular flexibility index (Phi) is 3.55. The fourth-order valence-electron chi connectivity index (χ4n) is 2.21. The van der Waals surface area contributed by atoms with Crippen molar-refractivity contribution in [3.05, 3.63) is 29.9 Å². The number of halogens is 1. The Morgan fingerprint density at radius 1 is 1.00 bits per heavy atom. The van der Waals surface area contributed by atoms with Crippen LogP contribution in [0.5, 0.6) is 0 Å². The highest BCUT2D eigenvalue weighted by Crippen LogP contribution is 2.19. The van der Waals surface area contributed by atoms with Crippen molar-refractivity contribution in [1.29, 1.82) is 0 Å². The molecule has 0 aromatic carbocycles. The molecular formula is C13H14ClN5. The Balaban J connectivity index is 1.82. The Labute approximate surface area is 116 Å². The van der Waals surface area contributed by atoms with E-state index in [2.05, 4.69) is 24.8 Å². The number of anilines is 1. The quantitative estimate of drug-likeness (QED) is 0.789. The molecule has 0 bridgehead atoms. The molecule has 1 aliphatic heterocycles. The first kappa shape index (κ1) is 12.3. The molecule has 0 spiro atoms. The standard InChI is InChI=1S/C13H14ClN5/c14-12-15-5-4-11(18-12)10-8-16-13(17-9-10)19-6-2-1-3-7-19/h4-5,8-9H,1-3,6-7H2. The number of hydrogen-bond acceptors (Lipinski definition) is 5. The molecule has 0 N–H and O–H groups in total. The van der Waals surface area contributed by atoms with Gasteiger partial charge < -0.3 is 4.90 Å². The average molecular weight is 276 g/mol. The molecule has 3 rings (SSSR count). The molecule has 98 valence electrons. The summed E-state index contributed by atoms with van der Waals surface area (Å²) in [6.45, 7) is 2.08. The Morgan fingerprint density at radius 3 is 2.42 bits per heavy atom. The predicted molar refractivity (Wildman–Crippen MR) is 74.1 cm³/mol. The van der Waals surface area contributed by atoms with Crippen LogP contribution < -0.4 is 4.90 Å². The second kappa shape index (κ2) is 5.48. The molecule has 2 aromatic rings. The van der Waals surface area contributed by atoms with E-state index in [1.54, 1.807) is 24.7 Å². The van der Waals surface area contributed by atoms with Crippen molar-refractivity contribution in [2.45, 2.75) is 19.3 Å². The summed E-state index contributed by atoms with van der Waals surface area (Å²) in [5, 5.41) is 0.234. The number of rotatable bonds is 2. The first-order valence-corrected chi connectivity index (χ1v) is 6.76. The maximum atomic E-state index is 5.78. The molecule has 1 fully saturated rings. The van der Waals surface area contributed by atoms with Crippen molar-refractivity contribution in [3.63, 3.8) is 0 Å². The topological polar surface area (TPSA) is 54.8 Å². The summed E-state index contributed by atoms with van der Waals surface area (Å²) in [4.78, 5) is 19.1. The summed E-state index contributed by atoms with van der Waals surface area (Å²) in [5.41, 5.74) is 1.59. The van der Waals surface area contributed by atoms with E-state index in [1.165, 1.54) is 19.3 Å². The highest BCUT2D eigenvalue weighted by atomic mass is 35.5. The summed E-state index contributed by atoms with van der Waals surface area (Å²) < 4.78 is 0. The van der Waals surface area contributed by atoms with Gasteiger partial charge in [-0.15, -0.1) is 0 Å². The van der Waals surface area contributed by atoms with Crippen LogP contribution in [0.1, 0.15) is 19.3 Å². The molecule has 3 heterocycles. The fourth-order valence-corrected chi connectivity index (χ4v) is 2.35. The molecule has 0 atom stereocenters. The van der Waals surface area contributed by atoms with Crippen molar-refractivity contribution in [1.82, 2.24) is 19.9 Å². The van der Waals surface area contributed by atoms with Crippen molar-refractivity contribution < 1.29 is 0 Å². The lowest BCUT2D eigenvalue weighted by atomic mass is 10.1. The van der Waals surface area contributed by atoms with Crippen LogP contribution in [-0.4, -0.2) is 33.0 Å². The zero-order valence-corrected chi connectivity index (χ0v) is 11.2. The van der Waals surface area contributed by atoms with E-state index in [0.29, 0.717) is 0 Å². The minimum Gasteiger partial charge on any atom is -0.341 e. The van der Waals surface area contributed by atoms with Gasteiger partial charge in [-0.1, -0.05) is 0 Å². The van der Waals surface area contributed by atoms with Gasteiger partial charge in [-0.2, -0.15) is 0 Å². The van der Waals surface area contributed by atoms with Crippen LogP contribution in [-0.2, 0) is 0 Å². The van der Waals surface area contributed by atoms with E-state index in [9.17, 15) is 0 Å². The highest BCUT2D eigenvalue weighted by molar-refractivity contribution is 6.28. The van der Waals surface area contributed by atoms with E-state index in [0.717, 1.165) is 30.3 Å². The van der Waals surface area contributed by atoms with Gasteiger partial charge in [0.1, 0.15) is 0 Å². The van der Waals surface area contributed by atoms with Gasteiger partial charge in [-0.3, -0.25) is 0 Å². The van der Waals surface area contributed by atoms with E-state index < -0.39 is 0 Å². The van der Waals surface area contributed by atoms with Crippen LogP contribution in [0.25, 0.3) is 11.3 Å². The van der Waals surface area contributed by atoms with E-state index in [1.807, 2.05) is 0 Å². The second-order valence-corrected chi connectivity index (χ2v) is 4.87. The molecule has 0 radical (unpaired) electrons. The minimum atomic E-state index is 0.234. The van der Waals surface area contributed by atoms with Crippen LogP contribution in [0.4, 0.5) is 5.95 Å². The van der Waals surface area contributed by atoms with Gasteiger partial charge >= 0.3 is 0 Å². The molecule has 1 aliphatic rings. The molecule has 0 aliphatic carbocycles. The Hall–Kier alpha value is -1.75. The maximum Gasteiger partial charge on any atom is 0.225 e. The second-order valence-electron chi connectivity index (χ2n) is 4.53. The van der Waals surface area contributed by atoms with Crippen molar-refractivity contribution in [2.24, 2.45) is 0 Å². The lowest BCUT2D eigenvalue weighted by Crippen LogP contribution is -2.30. The van der Waals surface area contributed by atoms with E-state index in [-0.39, 0.29) is 5.28 Å². The number of nitrogens with zero attached hydrogens (tertiary/aromatic N) is 5. The van der Waals surface area contributed by atoms with Crippen molar-refractivity contribution in [3.8, 4) is 11.3 Å². The lowest BCUT2D eigenvalue weighted by molar-refractivity contribution is 0.568. The van der Waals surface area contributed by atoms with Crippen LogP contribution in [0.15, 0.2) is 24.7 Å². The third-order valence-electron chi connectivity index (χ3n) is 3.20. The van der Waals surface area contributed by atoms with Gasteiger partial charge in [-0.25, -0.2) is 19.9 Å². The molecular weight excluding hydrogens is 262 g/mol. The lowest BCUT2D eigenvalue weighted by Gasteiger charge is -2.26. The van der Waals surface area contributed by atoms with Gasteiger partial charge in [0, 0.05) is 37.2 Å². The van der Waals surface area contributed by atoms with Gasteiger partial charge in [0.2, 0.25) is 11.2 Å². The third kappa shape index (κ3) is 2.81. The van der Waals surface area contributed by atoms with Crippen LogP contribution in [0.2, 0.25) is 5.28 Å². The van der Waals surface area contributed by atoms with Gasteiger partial charge in [0.25, 0.3) is 0 Å². The monoisotopic (exact) mass is 275 g/mol. The first-order valence-electron chi connectivity index (χ1n) is 6.39. The summed E-state index contributed by atoms with van der Waals surface area (Å²) in [6.07, 6.45) is 8.93. The molecule has 0 unspecified atom stereocenters. The predicted octanol–water partition coefficient (Wildman–Crippen LogP) is 2.58. The third-order valence-corrected chi connectivity index (χ3v) is 3.38. The molecule has 5 nitrogen and oxygen atoms in total. The summed E-state index contributed by atoms with van der Waals surface area (Å²) in [5.74, 6) is 0.795. The summed E-state index contributed by atoms with van der Waals surface area (Å²) >= 11 is 5.78. The molecule has 0 amide bonds. The summed E-state index contributed by atoms with van der Waals surface area (Å²) in [6, 6.07) is 1.80. The molecule has 6 heteroatoms. The molecule has 19 heavy (non-hydrogen) atoms. The van der Waals surface area contributed by atoms with Gasteiger partial charge in [-0.05, 0) is 36.9 Å². The van der Waals surface area contributed by atoms with E-state index >= 15 is 0 Å². The smallest absolute Gasteiger partial charge is 0.225 e. The molecule has 0 saturated carbocycles. The SMILES string of the molecule is Clc1nccc(-c2cnc(N3CCCCC3)nc2)n1. The largest absolute Gasteiger partial charge is 0.341 e. The van der Waals surface area contributed by atoms with Crippen LogP contribution in [0.3, 0.4) is 0 Å². The maximum absolute atomic E-state index is 5.78. The zero-order chi connectivity index (χ0) is 13.1. The molecule has 1 saturated heterocycles. The number of piperidine rings is 1. The molecule has 2 aromatic heterocycles. The van der Waals surface area contributed by atoms with Crippen LogP contribution in [0, 0.1) is 0 Å². The zero-order valence-electron chi connectivity index (χ0n) is 10.5.